The molecule has 6 nitrogen and oxygen atoms in total. The molecule has 1 atom stereocenters. The Morgan fingerprint density at radius 2 is 1.95 bits per heavy atom. The Morgan fingerprint density at radius 1 is 1.32 bits per heavy atom. The van der Waals surface area contributed by atoms with Crippen molar-refractivity contribution in [1.29, 1.82) is 0 Å². The van der Waals surface area contributed by atoms with Gasteiger partial charge in [-0.25, -0.2) is 0 Å². The summed E-state index contributed by atoms with van der Waals surface area (Å²) in [6, 6.07) is 3.80. The van der Waals surface area contributed by atoms with Crippen molar-refractivity contribution in [3.8, 4) is 11.5 Å². The van der Waals surface area contributed by atoms with Gasteiger partial charge in [-0.3, -0.25) is 4.99 Å². The van der Waals surface area contributed by atoms with E-state index in [-0.39, 0.29) is 6.17 Å². The van der Waals surface area contributed by atoms with Crippen molar-refractivity contribution in [2.75, 3.05) is 38.0 Å². The molecule has 0 saturated carbocycles. The first-order chi connectivity index (χ1) is 9.12. The smallest absolute Gasteiger partial charge is 0.162 e. The van der Waals surface area contributed by atoms with Crippen molar-refractivity contribution < 1.29 is 9.47 Å². The quantitative estimate of drug-likeness (QED) is 0.860. The number of ether oxygens (including phenoxy) is 2. The highest BCUT2D eigenvalue weighted by Crippen LogP contribution is 2.40. The van der Waals surface area contributed by atoms with E-state index in [1.165, 1.54) is 0 Å². The monoisotopic (exact) mass is 264 g/mol. The van der Waals surface area contributed by atoms with Gasteiger partial charge >= 0.3 is 0 Å². The average molecular weight is 264 g/mol. The molecule has 0 spiro atoms. The number of amidine groups is 1. The first-order valence-electron chi connectivity index (χ1n) is 6.18. The zero-order chi connectivity index (χ0) is 14.0. The topological polar surface area (TPSA) is 72.1 Å². The molecule has 1 aromatic rings. The fraction of sp³-hybridized carbons (Fsp3) is 0.462. The molecule has 3 N–H and O–H groups in total. The van der Waals surface area contributed by atoms with Crippen LogP contribution < -0.4 is 25.4 Å². The first kappa shape index (κ1) is 13.5. The van der Waals surface area contributed by atoms with Gasteiger partial charge in [0.15, 0.2) is 11.5 Å². The number of nitrogens with zero attached hydrogens (tertiary/aromatic N) is 2. The Labute approximate surface area is 113 Å². The molecule has 2 rings (SSSR count). The summed E-state index contributed by atoms with van der Waals surface area (Å²) in [6.07, 6.45) is -0.287. The van der Waals surface area contributed by atoms with Crippen molar-refractivity contribution in [3.63, 3.8) is 0 Å². The summed E-state index contributed by atoms with van der Waals surface area (Å²) in [6.45, 7) is 2.66. The van der Waals surface area contributed by atoms with Gasteiger partial charge in [-0.2, -0.15) is 0 Å². The number of aliphatic imine (C=N–C) groups is 1. The van der Waals surface area contributed by atoms with Crippen LogP contribution in [-0.4, -0.2) is 39.8 Å². The van der Waals surface area contributed by atoms with E-state index in [1.807, 2.05) is 31.0 Å². The Hall–Kier alpha value is -1.95. The predicted octanol–water partition coefficient (Wildman–Crippen LogP) is 1.27. The second-order valence-corrected chi connectivity index (χ2v) is 4.26. The van der Waals surface area contributed by atoms with Crippen LogP contribution in [0.15, 0.2) is 17.1 Å². The van der Waals surface area contributed by atoms with Crippen LogP contribution in [0.2, 0.25) is 0 Å². The van der Waals surface area contributed by atoms with Crippen molar-refractivity contribution >= 4 is 17.2 Å². The number of likely N-dealkylation sites (N-methyl/N-ethyl adjacent to an activating group) is 1. The fourth-order valence-corrected chi connectivity index (χ4v) is 2.11. The normalized spacial score (nSPS) is 19.9. The number of methoxy groups -OCH3 is 2. The zero-order valence-electron chi connectivity index (χ0n) is 11.7. The SMILES string of the molecule is CCN=C1Nc2cc(OC)c(OC)cc2N(C)C1N. The summed E-state index contributed by atoms with van der Waals surface area (Å²) in [5.74, 6) is 2.11. The van der Waals surface area contributed by atoms with Crippen molar-refractivity contribution in [1.82, 2.24) is 0 Å². The molecule has 1 aliphatic rings. The van der Waals surface area contributed by atoms with E-state index in [9.17, 15) is 0 Å². The number of nitrogens with two attached hydrogens (primary N) is 1. The molecule has 0 aromatic heterocycles. The molecule has 0 saturated heterocycles. The minimum absolute atomic E-state index is 0.287. The highest BCUT2D eigenvalue weighted by Gasteiger charge is 2.27. The molecule has 6 heteroatoms. The lowest BCUT2D eigenvalue weighted by Crippen LogP contribution is -2.52. The molecule has 0 fully saturated rings. The van der Waals surface area contributed by atoms with Gasteiger partial charge in [-0.15, -0.1) is 0 Å². The molecule has 1 aromatic carbocycles. The Balaban J connectivity index is 2.50. The number of benzene rings is 1. The summed E-state index contributed by atoms with van der Waals surface area (Å²) >= 11 is 0. The highest BCUT2D eigenvalue weighted by atomic mass is 16.5. The second-order valence-electron chi connectivity index (χ2n) is 4.26. The number of hydrogen-bond acceptors (Lipinski definition) is 5. The summed E-state index contributed by atoms with van der Waals surface area (Å²) in [4.78, 5) is 6.34. The van der Waals surface area contributed by atoms with Gasteiger partial charge < -0.3 is 25.4 Å². The van der Waals surface area contributed by atoms with E-state index in [0.29, 0.717) is 18.0 Å². The van der Waals surface area contributed by atoms with Gasteiger partial charge in [0.05, 0.1) is 25.6 Å². The van der Waals surface area contributed by atoms with Crippen molar-refractivity contribution in [2.24, 2.45) is 10.7 Å². The predicted molar refractivity (Wildman–Crippen MR) is 77.5 cm³/mol. The maximum absolute atomic E-state index is 6.15. The molecule has 1 aliphatic heterocycles. The molecule has 0 amide bonds. The van der Waals surface area contributed by atoms with Gasteiger partial charge in [0.1, 0.15) is 12.0 Å². The highest BCUT2D eigenvalue weighted by molar-refractivity contribution is 6.07. The maximum atomic E-state index is 6.15. The fourth-order valence-electron chi connectivity index (χ4n) is 2.11. The molecule has 0 bridgehead atoms. The molecule has 104 valence electrons. The average Bonchev–Trinajstić information content (AvgIpc) is 2.43. The van der Waals surface area contributed by atoms with Gasteiger partial charge in [0.2, 0.25) is 0 Å². The third-order valence-electron chi connectivity index (χ3n) is 3.17. The molecular weight excluding hydrogens is 244 g/mol. The van der Waals surface area contributed by atoms with E-state index in [4.69, 9.17) is 15.2 Å². The van der Waals surface area contributed by atoms with Crippen molar-refractivity contribution in [3.05, 3.63) is 12.1 Å². The molecule has 0 aliphatic carbocycles. The minimum atomic E-state index is -0.287. The van der Waals surface area contributed by atoms with Gasteiger partial charge in [0.25, 0.3) is 0 Å². The summed E-state index contributed by atoms with van der Waals surface area (Å²) in [7, 11) is 5.16. The lowest BCUT2D eigenvalue weighted by molar-refractivity contribution is 0.355. The van der Waals surface area contributed by atoms with Gasteiger partial charge in [-0.1, -0.05) is 0 Å². The molecule has 19 heavy (non-hydrogen) atoms. The van der Waals surface area contributed by atoms with Gasteiger partial charge in [0, 0.05) is 25.7 Å². The number of hydrogen-bond donors (Lipinski definition) is 2. The Kier molecular flexibility index (Phi) is 3.80. The number of rotatable bonds is 3. The molecular formula is C13H20N4O2. The van der Waals surface area contributed by atoms with Crippen LogP contribution in [0.5, 0.6) is 11.5 Å². The van der Waals surface area contributed by atoms with Crippen molar-refractivity contribution in [2.45, 2.75) is 13.1 Å². The molecule has 1 heterocycles. The third-order valence-corrected chi connectivity index (χ3v) is 3.17. The number of anilines is 2. The third kappa shape index (κ3) is 2.31. The number of nitrogens with one attached hydrogen (secondary N) is 1. The van der Waals surface area contributed by atoms with Crippen LogP contribution in [0.4, 0.5) is 11.4 Å². The molecule has 1 unspecified atom stereocenters. The van der Waals surface area contributed by atoms with Crippen LogP contribution in [-0.2, 0) is 0 Å². The number of fused-ring (bicyclic) bond motifs is 1. The lowest BCUT2D eigenvalue weighted by Gasteiger charge is -2.35. The summed E-state index contributed by atoms with van der Waals surface area (Å²) < 4.78 is 10.6. The van der Waals surface area contributed by atoms with E-state index in [1.54, 1.807) is 14.2 Å². The lowest BCUT2D eigenvalue weighted by atomic mass is 10.1. The Bertz CT molecular complexity index is 502. The van der Waals surface area contributed by atoms with Gasteiger partial charge in [-0.05, 0) is 6.92 Å². The minimum Gasteiger partial charge on any atom is -0.493 e. The van der Waals surface area contributed by atoms with Crippen LogP contribution in [0.3, 0.4) is 0 Å². The van der Waals surface area contributed by atoms with Crippen LogP contribution in [0.1, 0.15) is 6.92 Å². The van der Waals surface area contributed by atoms with E-state index < -0.39 is 0 Å². The van der Waals surface area contributed by atoms with E-state index >= 15 is 0 Å². The zero-order valence-corrected chi connectivity index (χ0v) is 11.7. The van der Waals surface area contributed by atoms with Crippen LogP contribution in [0.25, 0.3) is 0 Å². The Morgan fingerprint density at radius 3 is 2.53 bits per heavy atom. The summed E-state index contributed by atoms with van der Waals surface area (Å²) in [5.41, 5.74) is 8.02. The van der Waals surface area contributed by atoms with E-state index in [0.717, 1.165) is 17.2 Å². The largest absolute Gasteiger partial charge is 0.493 e. The summed E-state index contributed by atoms with van der Waals surface area (Å²) in [5, 5.41) is 3.25. The maximum Gasteiger partial charge on any atom is 0.162 e. The second kappa shape index (κ2) is 5.36. The first-order valence-corrected chi connectivity index (χ1v) is 6.18. The van der Waals surface area contributed by atoms with Crippen LogP contribution >= 0.6 is 0 Å². The molecule has 0 radical (unpaired) electrons. The van der Waals surface area contributed by atoms with E-state index in [2.05, 4.69) is 10.3 Å². The standard InChI is InChI=1S/C13H20N4O2/c1-5-15-13-12(14)17(2)9-7-11(19-4)10(18-3)6-8(9)16-13/h6-7,12H,5,14H2,1-4H3,(H,15,16). The van der Waals surface area contributed by atoms with Crippen LogP contribution in [0, 0.1) is 0 Å².